The van der Waals surface area contributed by atoms with Crippen LogP contribution in [0.25, 0.3) is 0 Å². The van der Waals surface area contributed by atoms with Gasteiger partial charge in [0.1, 0.15) is 0 Å². The number of ether oxygens (including phenoxy) is 4. The van der Waals surface area contributed by atoms with E-state index in [4.69, 9.17) is 32.7 Å². The molecule has 1 amide bonds. The highest BCUT2D eigenvalue weighted by molar-refractivity contribution is 5.80. The molecular weight excluding hydrogens is 432 g/mol. The van der Waals surface area contributed by atoms with Gasteiger partial charge in [-0.25, -0.2) is 0 Å². The predicted octanol–water partition coefficient (Wildman–Crippen LogP) is 3.31. The van der Waals surface area contributed by atoms with E-state index < -0.39 is 33.0 Å². The van der Waals surface area contributed by atoms with E-state index >= 15 is 0 Å². The zero-order valence-corrected chi connectivity index (χ0v) is 19.6. The molecular formula is C27H36N2O5. The molecule has 2 aliphatic rings. The molecule has 7 heteroatoms. The van der Waals surface area contributed by atoms with Crippen molar-refractivity contribution in [3.63, 3.8) is 0 Å². The van der Waals surface area contributed by atoms with Gasteiger partial charge in [0.2, 0.25) is 5.91 Å². The van der Waals surface area contributed by atoms with Crippen molar-refractivity contribution < 1.29 is 37.4 Å². The van der Waals surface area contributed by atoms with E-state index in [0.717, 1.165) is 10.5 Å². The maximum Gasteiger partial charge on any atom is 0.227 e. The minimum Gasteiger partial charge on any atom is -0.493 e. The number of fused-ring (bicyclic) bond motifs is 2. The standard InChI is InChI=1S/C27H36N2O5/c1-28(17-21-11-20-14-25(33-4)26(34-5)16-22(20)21)8-6-9-29-10-7-18-12-23(31-2)24(32-3)13-19(18)15-27(29)30/h12-14,16,21H,6-11,15,17H2,1-5H3/i2D3,4D3,8D2,17D2. The molecule has 0 saturated carbocycles. The first-order chi connectivity index (χ1) is 20.3. The number of amides is 1. The fourth-order valence-electron chi connectivity index (χ4n) is 4.48. The van der Waals surface area contributed by atoms with Gasteiger partial charge in [0.15, 0.2) is 23.0 Å². The van der Waals surface area contributed by atoms with Crippen LogP contribution >= 0.6 is 0 Å². The molecule has 4 rings (SSSR count). The molecule has 0 radical (unpaired) electrons. The van der Waals surface area contributed by atoms with Gasteiger partial charge < -0.3 is 28.7 Å². The Bertz CT molecular complexity index is 1400. The zero-order valence-electron chi connectivity index (χ0n) is 29.6. The Labute approximate surface area is 216 Å². The van der Waals surface area contributed by atoms with Crippen LogP contribution in [0, 0.1) is 0 Å². The Morgan fingerprint density at radius 2 is 1.65 bits per heavy atom. The molecule has 184 valence electrons. The molecule has 2 aromatic carbocycles. The normalized spacial score (nSPS) is 22.9. The molecule has 0 fully saturated rings. The number of hydrogen-bond acceptors (Lipinski definition) is 6. The average molecular weight is 479 g/mol. The molecule has 1 unspecified atom stereocenters. The average Bonchev–Trinajstić information content (AvgIpc) is 3.03. The van der Waals surface area contributed by atoms with Gasteiger partial charge >= 0.3 is 0 Å². The fraction of sp³-hybridized carbons (Fsp3) is 0.519. The number of carbonyl (C=O) groups excluding carboxylic acids is 1. The van der Waals surface area contributed by atoms with Crippen LogP contribution in [0.2, 0.25) is 0 Å². The SMILES string of the molecule is [2H]C([2H])([2H])Oc1cc2c(cc1OC)CC(=O)N(CCC([2H])([2H])N(C)C([2H])([2H])C1Cc3cc(OC([2H])([2H])[2H])c(OC)cc31)CC2. The van der Waals surface area contributed by atoms with Crippen LogP contribution < -0.4 is 18.9 Å². The lowest BCUT2D eigenvalue weighted by molar-refractivity contribution is -0.130. The lowest BCUT2D eigenvalue weighted by Crippen LogP contribution is -2.36. The summed E-state index contributed by atoms with van der Waals surface area (Å²) in [7, 11) is -1.27. The molecule has 34 heavy (non-hydrogen) atoms. The highest BCUT2D eigenvalue weighted by atomic mass is 16.5. The summed E-state index contributed by atoms with van der Waals surface area (Å²) in [5.41, 5.74) is 2.65. The van der Waals surface area contributed by atoms with E-state index in [-0.39, 0.29) is 61.3 Å². The van der Waals surface area contributed by atoms with Crippen molar-refractivity contribution in [1.82, 2.24) is 9.80 Å². The van der Waals surface area contributed by atoms with Crippen molar-refractivity contribution in [1.29, 1.82) is 0 Å². The van der Waals surface area contributed by atoms with Crippen LogP contribution in [0.15, 0.2) is 24.3 Å². The van der Waals surface area contributed by atoms with Crippen molar-refractivity contribution in [2.75, 3.05) is 61.4 Å². The Balaban J connectivity index is 1.44. The van der Waals surface area contributed by atoms with Gasteiger partial charge in [0.25, 0.3) is 0 Å². The molecule has 0 bridgehead atoms. The van der Waals surface area contributed by atoms with Gasteiger partial charge in [-0.1, -0.05) is 0 Å². The summed E-state index contributed by atoms with van der Waals surface area (Å²) in [5, 5.41) is 0. The minimum absolute atomic E-state index is 0.00752. The lowest BCUT2D eigenvalue weighted by atomic mass is 9.77. The van der Waals surface area contributed by atoms with Gasteiger partial charge in [0, 0.05) is 31.0 Å². The molecule has 1 atom stereocenters. The monoisotopic (exact) mass is 478 g/mol. The van der Waals surface area contributed by atoms with Crippen molar-refractivity contribution in [3.8, 4) is 23.0 Å². The molecule has 0 saturated heterocycles. The van der Waals surface area contributed by atoms with Crippen molar-refractivity contribution in [2.24, 2.45) is 0 Å². The van der Waals surface area contributed by atoms with E-state index in [9.17, 15) is 4.79 Å². The van der Waals surface area contributed by atoms with Crippen LogP contribution in [0.3, 0.4) is 0 Å². The number of nitrogens with zero attached hydrogens (tertiary/aromatic N) is 2. The van der Waals surface area contributed by atoms with E-state index in [1.165, 1.54) is 38.3 Å². The number of hydrogen-bond donors (Lipinski definition) is 0. The Kier molecular flexibility index (Phi) is 4.49. The quantitative estimate of drug-likeness (QED) is 0.522. The third-order valence-electron chi connectivity index (χ3n) is 6.36. The second kappa shape index (κ2) is 10.6. The summed E-state index contributed by atoms with van der Waals surface area (Å²) in [6, 6.07) is 6.19. The van der Waals surface area contributed by atoms with Crippen LogP contribution in [0.5, 0.6) is 23.0 Å². The first-order valence-electron chi connectivity index (χ1n) is 16.1. The summed E-state index contributed by atoms with van der Waals surface area (Å²) in [6.07, 6.45) is 0.462. The number of likely N-dealkylation sites (N-methyl/N-ethyl adjacent to an activating group) is 1. The number of rotatable bonds is 10. The van der Waals surface area contributed by atoms with Gasteiger partial charge in [-0.3, -0.25) is 4.79 Å². The molecule has 2 aromatic rings. The van der Waals surface area contributed by atoms with Crippen LogP contribution in [-0.4, -0.2) is 77.1 Å². The van der Waals surface area contributed by atoms with Gasteiger partial charge in [-0.15, -0.1) is 0 Å². The molecule has 1 aliphatic heterocycles. The molecule has 0 aromatic heterocycles. The Hall–Kier alpha value is -2.93. The smallest absolute Gasteiger partial charge is 0.227 e. The molecule has 7 nitrogen and oxygen atoms in total. The third kappa shape index (κ3) is 4.94. The van der Waals surface area contributed by atoms with Crippen LogP contribution in [0.1, 0.15) is 48.3 Å². The van der Waals surface area contributed by atoms with Gasteiger partial charge in [0.05, 0.1) is 42.9 Å². The summed E-state index contributed by atoms with van der Waals surface area (Å²) in [4.78, 5) is 15.7. The zero-order chi connectivity index (χ0) is 32.8. The second-order valence-electron chi connectivity index (χ2n) is 8.34. The van der Waals surface area contributed by atoms with E-state index in [0.29, 0.717) is 23.1 Å². The molecule has 0 N–H and O–H groups in total. The first kappa shape index (κ1) is 14.5. The Morgan fingerprint density at radius 1 is 1.00 bits per heavy atom. The maximum absolute atomic E-state index is 13.1. The van der Waals surface area contributed by atoms with Crippen molar-refractivity contribution in [2.45, 2.75) is 31.6 Å². The summed E-state index contributed by atoms with van der Waals surface area (Å²) in [6.45, 7) is -3.99. The fourth-order valence-corrected chi connectivity index (χ4v) is 4.48. The molecule has 0 spiro atoms. The number of carbonyl (C=O) groups is 1. The second-order valence-corrected chi connectivity index (χ2v) is 8.34. The van der Waals surface area contributed by atoms with E-state index in [1.54, 1.807) is 12.1 Å². The van der Waals surface area contributed by atoms with E-state index in [2.05, 4.69) is 0 Å². The van der Waals surface area contributed by atoms with Gasteiger partial charge in [-0.05, 0) is 79.3 Å². The number of benzene rings is 2. The van der Waals surface area contributed by atoms with Crippen LogP contribution in [0.4, 0.5) is 0 Å². The molecule has 1 aliphatic carbocycles. The van der Waals surface area contributed by atoms with E-state index in [1.807, 2.05) is 0 Å². The summed E-state index contributed by atoms with van der Waals surface area (Å²) >= 11 is 0. The third-order valence-corrected chi connectivity index (χ3v) is 6.36. The number of methoxy groups -OCH3 is 4. The largest absolute Gasteiger partial charge is 0.493 e. The topological polar surface area (TPSA) is 60.5 Å². The van der Waals surface area contributed by atoms with Gasteiger partial charge in [-0.2, -0.15) is 0 Å². The summed E-state index contributed by atoms with van der Waals surface area (Å²) in [5.74, 6) is -0.559. The minimum atomic E-state index is -2.68. The maximum atomic E-state index is 13.1. The van der Waals surface area contributed by atoms with Crippen LogP contribution in [-0.2, 0) is 24.1 Å². The first-order valence-corrected chi connectivity index (χ1v) is 11.1. The summed E-state index contributed by atoms with van der Waals surface area (Å²) < 4.78 is 100. The molecule has 1 heterocycles. The lowest BCUT2D eigenvalue weighted by Gasteiger charge is -2.34. The highest BCUT2D eigenvalue weighted by Crippen LogP contribution is 2.42. The predicted molar refractivity (Wildman–Crippen MR) is 132 cm³/mol. The highest BCUT2D eigenvalue weighted by Gasteiger charge is 2.29. The van der Waals surface area contributed by atoms with Crippen molar-refractivity contribution in [3.05, 3.63) is 46.5 Å². The van der Waals surface area contributed by atoms with Crippen molar-refractivity contribution >= 4 is 5.91 Å². The Morgan fingerprint density at radius 3 is 2.35 bits per heavy atom.